The van der Waals surface area contributed by atoms with E-state index in [4.69, 9.17) is 4.55 Å². The molecule has 0 aliphatic carbocycles. The average molecular weight is 164 g/mol. The molecule has 1 unspecified atom stereocenters. The predicted octanol–water partition coefficient (Wildman–Crippen LogP) is 0.194. The molecular formula is C5H12N2O2S. The van der Waals surface area contributed by atoms with Crippen molar-refractivity contribution in [1.29, 1.82) is 0 Å². The van der Waals surface area contributed by atoms with Crippen LogP contribution in [0.4, 0.5) is 0 Å². The molecule has 0 aliphatic heterocycles. The van der Waals surface area contributed by atoms with Crippen LogP contribution in [0.5, 0.6) is 0 Å². The van der Waals surface area contributed by atoms with Crippen LogP contribution < -0.4 is 5.32 Å². The predicted molar refractivity (Wildman–Crippen MR) is 42.4 cm³/mol. The Kier molecular flexibility index (Phi) is 5.15. The van der Waals surface area contributed by atoms with Gasteiger partial charge in [0, 0.05) is 13.1 Å². The minimum atomic E-state index is -1.96. The molecule has 0 aromatic heterocycles. The second-order valence-electron chi connectivity index (χ2n) is 1.56. The van der Waals surface area contributed by atoms with Crippen molar-refractivity contribution in [1.82, 2.24) is 5.32 Å². The molecule has 1 atom stereocenters. The van der Waals surface area contributed by atoms with Crippen LogP contribution in [-0.2, 0) is 11.1 Å². The Morgan fingerprint density at radius 3 is 2.60 bits per heavy atom. The molecule has 60 valence electrons. The topological polar surface area (TPSA) is 61.7 Å². The zero-order valence-corrected chi connectivity index (χ0v) is 6.94. The molecule has 0 aliphatic rings. The highest BCUT2D eigenvalue weighted by molar-refractivity contribution is 7.95. The van der Waals surface area contributed by atoms with Gasteiger partial charge in [0.15, 0.2) is 0 Å². The lowest BCUT2D eigenvalue weighted by molar-refractivity contribution is 0.575. The van der Waals surface area contributed by atoms with Crippen molar-refractivity contribution in [3.05, 3.63) is 0 Å². The van der Waals surface area contributed by atoms with E-state index >= 15 is 0 Å². The Hall–Kier alpha value is -0.420. The normalized spacial score (nSPS) is 14.9. The molecule has 0 spiro atoms. The van der Waals surface area contributed by atoms with E-state index in [0.29, 0.717) is 13.1 Å². The lowest BCUT2D eigenvalue weighted by Crippen LogP contribution is -2.27. The van der Waals surface area contributed by atoms with E-state index in [-0.39, 0.29) is 5.17 Å². The number of hydrogen-bond donors (Lipinski definition) is 2. The first kappa shape index (κ1) is 9.58. The van der Waals surface area contributed by atoms with E-state index < -0.39 is 11.1 Å². The third kappa shape index (κ3) is 3.58. The summed E-state index contributed by atoms with van der Waals surface area (Å²) in [5.74, 6) is 0. The SMILES string of the molecule is CCN=C(NCC)S(=O)O. The summed E-state index contributed by atoms with van der Waals surface area (Å²) in [5.41, 5.74) is 0. The van der Waals surface area contributed by atoms with E-state index in [1.807, 2.05) is 13.8 Å². The summed E-state index contributed by atoms with van der Waals surface area (Å²) in [5, 5.41) is 2.84. The summed E-state index contributed by atoms with van der Waals surface area (Å²) in [6.45, 7) is 4.79. The Labute approximate surface area is 63.0 Å². The Bertz CT molecular complexity index is 147. The van der Waals surface area contributed by atoms with Crippen molar-refractivity contribution in [2.45, 2.75) is 13.8 Å². The van der Waals surface area contributed by atoms with Gasteiger partial charge in [-0.05, 0) is 13.8 Å². The standard InChI is InChI=1S/C5H12N2O2S/c1-3-6-5(7-4-2)10(8)9/h3-4H2,1-2H3,(H,6,7)(H,8,9). The molecule has 0 aromatic rings. The first-order valence-corrected chi connectivity index (χ1v) is 4.22. The summed E-state index contributed by atoms with van der Waals surface area (Å²) >= 11 is -1.96. The zero-order chi connectivity index (χ0) is 7.98. The minimum absolute atomic E-state index is 0.157. The first-order valence-electron chi connectivity index (χ1n) is 3.11. The summed E-state index contributed by atoms with van der Waals surface area (Å²) in [6, 6.07) is 0. The number of hydrogen-bond acceptors (Lipinski definition) is 2. The van der Waals surface area contributed by atoms with Gasteiger partial charge in [-0.2, -0.15) is 0 Å². The van der Waals surface area contributed by atoms with E-state index in [0.717, 1.165) is 0 Å². The summed E-state index contributed by atoms with van der Waals surface area (Å²) in [4.78, 5) is 3.77. The average Bonchev–Trinajstić information content (AvgIpc) is 1.87. The van der Waals surface area contributed by atoms with Gasteiger partial charge < -0.3 is 5.32 Å². The number of amidine groups is 1. The molecular weight excluding hydrogens is 152 g/mol. The van der Waals surface area contributed by atoms with E-state index in [1.54, 1.807) is 0 Å². The molecule has 5 heteroatoms. The van der Waals surface area contributed by atoms with Gasteiger partial charge >= 0.3 is 0 Å². The summed E-state index contributed by atoms with van der Waals surface area (Å²) in [7, 11) is 0. The Morgan fingerprint density at radius 1 is 1.70 bits per heavy atom. The van der Waals surface area contributed by atoms with Crippen molar-refractivity contribution in [3.8, 4) is 0 Å². The fourth-order valence-electron chi connectivity index (χ4n) is 0.468. The molecule has 0 aromatic carbocycles. The van der Waals surface area contributed by atoms with E-state index in [2.05, 4.69) is 10.3 Å². The van der Waals surface area contributed by atoms with Crippen LogP contribution in [0.25, 0.3) is 0 Å². The molecule has 0 bridgehead atoms. The molecule has 0 radical (unpaired) electrons. The molecule has 4 nitrogen and oxygen atoms in total. The monoisotopic (exact) mass is 164 g/mol. The van der Waals surface area contributed by atoms with Gasteiger partial charge in [0.1, 0.15) is 0 Å². The minimum Gasteiger partial charge on any atom is -0.361 e. The van der Waals surface area contributed by atoms with Gasteiger partial charge in [0.25, 0.3) is 0 Å². The third-order valence-corrected chi connectivity index (χ3v) is 1.40. The number of nitrogens with zero attached hydrogens (tertiary/aromatic N) is 1. The molecule has 0 heterocycles. The number of aliphatic imine (C=N–C) groups is 1. The van der Waals surface area contributed by atoms with Gasteiger partial charge in [-0.3, -0.25) is 9.55 Å². The molecule has 0 fully saturated rings. The van der Waals surface area contributed by atoms with E-state index in [1.165, 1.54) is 0 Å². The molecule has 0 saturated carbocycles. The van der Waals surface area contributed by atoms with Crippen molar-refractivity contribution in [2.24, 2.45) is 4.99 Å². The van der Waals surface area contributed by atoms with Crippen LogP contribution >= 0.6 is 0 Å². The molecule has 0 rings (SSSR count). The Morgan fingerprint density at radius 2 is 2.30 bits per heavy atom. The molecule has 0 saturated heterocycles. The molecule has 0 amide bonds. The van der Waals surface area contributed by atoms with Gasteiger partial charge in [0.05, 0.1) is 0 Å². The second kappa shape index (κ2) is 5.37. The fraction of sp³-hybridized carbons (Fsp3) is 0.800. The van der Waals surface area contributed by atoms with Gasteiger partial charge in [-0.25, -0.2) is 4.21 Å². The lowest BCUT2D eigenvalue weighted by atomic mass is 10.7. The lowest BCUT2D eigenvalue weighted by Gasteiger charge is -2.00. The molecule has 10 heavy (non-hydrogen) atoms. The van der Waals surface area contributed by atoms with Crippen LogP contribution in [0.2, 0.25) is 0 Å². The smallest absolute Gasteiger partial charge is 0.222 e. The van der Waals surface area contributed by atoms with Gasteiger partial charge in [-0.15, -0.1) is 0 Å². The van der Waals surface area contributed by atoms with Crippen molar-refractivity contribution in [2.75, 3.05) is 13.1 Å². The quantitative estimate of drug-likeness (QED) is 0.348. The fourth-order valence-corrected chi connectivity index (χ4v) is 0.975. The second-order valence-corrected chi connectivity index (χ2v) is 2.44. The van der Waals surface area contributed by atoms with Gasteiger partial charge in [-0.1, -0.05) is 0 Å². The molecule has 2 N–H and O–H groups in total. The zero-order valence-electron chi connectivity index (χ0n) is 6.13. The van der Waals surface area contributed by atoms with Gasteiger partial charge in [0.2, 0.25) is 16.2 Å². The maximum atomic E-state index is 10.4. The largest absolute Gasteiger partial charge is 0.361 e. The summed E-state index contributed by atoms with van der Waals surface area (Å²) in [6.07, 6.45) is 0. The highest BCUT2D eigenvalue weighted by atomic mass is 32.2. The number of rotatable bonds is 2. The van der Waals surface area contributed by atoms with Crippen LogP contribution in [0, 0.1) is 0 Å². The van der Waals surface area contributed by atoms with Crippen LogP contribution in [0.3, 0.4) is 0 Å². The maximum Gasteiger partial charge on any atom is 0.222 e. The summed E-state index contributed by atoms with van der Waals surface area (Å²) < 4.78 is 19.0. The number of nitrogens with one attached hydrogen (secondary N) is 1. The van der Waals surface area contributed by atoms with Crippen molar-refractivity contribution in [3.63, 3.8) is 0 Å². The highest BCUT2D eigenvalue weighted by Crippen LogP contribution is 1.79. The third-order valence-electron chi connectivity index (χ3n) is 0.795. The van der Waals surface area contributed by atoms with Crippen LogP contribution in [0.15, 0.2) is 4.99 Å². The maximum absolute atomic E-state index is 10.4. The van der Waals surface area contributed by atoms with Crippen LogP contribution in [0.1, 0.15) is 13.8 Å². The Balaban J connectivity index is 3.98. The van der Waals surface area contributed by atoms with Crippen LogP contribution in [-0.4, -0.2) is 27.0 Å². The highest BCUT2D eigenvalue weighted by Gasteiger charge is 2.01. The van der Waals surface area contributed by atoms with Crippen molar-refractivity contribution >= 4 is 16.2 Å². The van der Waals surface area contributed by atoms with E-state index in [9.17, 15) is 4.21 Å². The van der Waals surface area contributed by atoms with Crippen molar-refractivity contribution < 1.29 is 8.76 Å². The first-order chi connectivity index (χ1) is 4.72.